The summed E-state index contributed by atoms with van der Waals surface area (Å²) in [6.07, 6.45) is 0. The van der Waals surface area contributed by atoms with Gasteiger partial charge in [-0.25, -0.2) is 4.98 Å². The van der Waals surface area contributed by atoms with Gasteiger partial charge >= 0.3 is 5.69 Å². The summed E-state index contributed by atoms with van der Waals surface area (Å²) >= 11 is 1.37. The summed E-state index contributed by atoms with van der Waals surface area (Å²) < 4.78 is 7.00. The number of thioether (sulfide) groups is 1. The lowest BCUT2D eigenvalue weighted by Crippen LogP contribution is -2.20. The van der Waals surface area contributed by atoms with Crippen LogP contribution in [0, 0.1) is 10.1 Å². The summed E-state index contributed by atoms with van der Waals surface area (Å²) in [6, 6.07) is 13.4. The zero-order chi connectivity index (χ0) is 17.8. The number of nitrogens with zero attached hydrogens (tertiary/aromatic N) is 3. The van der Waals surface area contributed by atoms with Crippen molar-refractivity contribution in [2.75, 3.05) is 12.4 Å². The fourth-order valence-corrected chi connectivity index (χ4v) is 3.13. The highest BCUT2D eigenvalue weighted by molar-refractivity contribution is 7.99. The Morgan fingerprint density at radius 2 is 1.92 bits per heavy atom. The Morgan fingerprint density at radius 3 is 2.72 bits per heavy atom. The number of ether oxygens (including phenoxy) is 1. The predicted molar refractivity (Wildman–Crippen MR) is 96.3 cm³/mol. The van der Waals surface area contributed by atoms with Crippen molar-refractivity contribution in [3.8, 4) is 5.75 Å². The molecule has 0 N–H and O–H groups in total. The number of hydrogen-bond acceptors (Lipinski definition) is 6. The van der Waals surface area contributed by atoms with Crippen molar-refractivity contribution in [1.29, 1.82) is 0 Å². The zero-order valence-corrected chi connectivity index (χ0v) is 14.2. The van der Waals surface area contributed by atoms with Gasteiger partial charge in [0.05, 0.1) is 22.4 Å². The van der Waals surface area contributed by atoms with E-state index in [0.29, 0.717) is 21.8 Å². The summed E-state index contributed by atoms with van der Waals surface area (Å²) in [4.78, 5) is 27.3. The van der Waals surface area contributed by atoms with Crippen LogP contribution in [-0.2, 0) is 7.05 Å². The summed E-state index contributed by atoms with van der Waals surface area (Å²) in [7, 11) is 1.67. The summed E-state index contributed by atoms with van der Waals surface area (Å²) in [5.41, 5.74) is 0.476. The van der Waals surface area contributed by atoms with Crippen LogP contribution in [-0.4, -0.2) is 26.8 Å². The molecule has 1 aromatic heterocycles. The number of hydrogen-bond donors (Lipinski definition) is 0. The Morgan fingerprint density at radius 1 is 1.20 bits per heavy atom. The van der Waals surface area contributed by atoms with E-state index in [1.807, 2.05) is 6.07 Å². The molecule has 0 bridgehead atoms. The van der Waals surface area contributed by atoms with Crippen molar-refractivity contribution >= 4 is 28.4 Å². The third-order valence-electron chi connectivity index (χ3n) is 3.58. The van der Waals surface area contributed by atoms with E-state index >= 15 is 0 Å². The molecule has 0 spiro atoms. The van der Waals surface area contributed by atoms with E-state index < -0.39 is 4.92 Å². The van der Waals surface area contributed by atoms with E-state index in [0.717, 1.165) is 0 Å². The summed E-state index contributed by atoms with van der Waals surface area (Å²) in [5.74, 6) is 0.735. The van der Waals surface area contributed by atoms with Gasteiger partial charge in [0.1, 0.15) is 0 Å². The molecule has 3 rings (SSSR count). The lowest BCUT2D eigenvalue weighted by molar-refractivity contribution is -0.385. The molecule has 128 valence electrons. The van der Waals surface area contributed by atoms with E-state index in [9.17, 15) is 14.9 Å². The minimum Gasteiger partial charge on any atom is -0.486 e. The largest absolute Gasteiger partial charge is 0.486 e. The average molecular weight is 357 g/mol. The normalized spacial score (nSPS) is 10.8. The third-order valence-corrected chi connectivity index (χ3v) is 4.57. The number of rotatable bonds is 6. The molecule has 0 saturated carbocycles. The molecule has 0 unspecified atom stereocenters. The number of nitro benzene ring substituents is 1. The predicted octanol–water partition coefficient (Wildman–Crippen LogP) is 3.01. The van der Waals surface area contributed by atoms with Gasteiger partial charge in [0.15, 0.2) is 10.9 Å². The number of benzene rings is 2. The van der Waals surface area contributed by atoms with Crippen LogP contribution in [0.1, 0.15) is 0 Å². The molecule has 25 heavy (non-hydrogen) atoms. The van der Waals surface area contributed by atoms with Crippen molar-refractivity contribution < 1.29 is 9.66 Å². The maximum Gasteiger partial charge on any atom is 0.310 e. The van der Waals surface area contributed by atoms with Crippen LogP contribution in [0.25, 0.3) is 10.9 Å². The van der Waals surface area contributed by atoms with Gasteiger partial charge < -0.3 is 4.74 Å². The number of para-hydroxylation sites is 3. The molecule has 0 aliphatic rings. The summed E-state index contributed by atoms with van der Waals surface area (Å²) in [6.45, 7) is 0.262. The van der Waals surface area contributed by atoms with Crippen molar-refractivity contribution in [2.24, 2.45) is 7.05 Å². The maximum absolute atomic E-state index is 12.3. The van der Waals surface area contributed by atoms with Gasteiger partial charge in [-0.2, -0.15) is 0 Å². The van der Waals surface area contributed by atoms with E-state index in [1.54, 1.807) is 43.4 Å². The average Bonchev–Trinajstić information content (AvgIpc) is 2.63. The second-order valence-corrected chi connectivity index (χ2v) is 6.26. The monoisotopic (exact) mass is 357 g/mol. The van der Waals surface area contributed by atoms with Gasteiger partial charge in [-0.05, 0) is 18.2 Å². The van der Waals surface area contributed by atoms with Crippen LogP contribution >= 0.6 is 11.8 Å². The molecule has 0 amide bonds. The van der Waals surface area contributed by atoms with E-state index in [-0.39, 0.29) is 23.6 Å². The Kier molecular flexibility index (Phi) is 4.99. The molecule has 8 heteroatoms. The minimum absolute atomic E-state index is 0.0660. The minimum atomic E-state index is -0.475. The SMILES string of the molecule is Cn1c(SCCOc2ccccc2[N+](=O)[O-])nc2ccccc2c1=O. The Labute approximate surface area is 147 Å². The number of aromatic nitrogens is 2. The van der Waals surface area contributed by atoms with Gasteiger partial charge in [0, 0.05) is 18.9 Å². The second-order valence-electron chi connectivity index (χ2n) is 5.20. The maximum atomic E-state index is 12.3. The van der Waals surface area contributed by atoms with Crippen LogP contribution in [0.4, 0.5) is 5.69 Å². The quantitative estimate of drug-likeness (QED) is 0.222. The molecule has 0 atom stereocenters. The Bertz CT molecular complexity index is 987. The first kappa shape index (κ1) is 17.0. The van der Waals surface area contributed by atoms with Crippen LogP contribution < -0.4 is 10.3 Å². The lowest BCUT2D eigenvalue weighted by atomic mass is 10.2. The molecule has 0 radical (unpaired) electrons. The summed E-state index contributed by atoms with van der Waals surface area (Å²) in [5, 5.41) is 12.1. The molecule has 3 aromatic rings. The molecular weight excluding hydrogens is 342 g/mol. The third kappa shape index (κ3) is 3.63. The highest BCUT2D eigenvalue weighted by Crippen LogP contribution is 2.26. The van der Waals surface area contributed by atoms with E-state index in [1.165, 1.54) is 22.4 Å². The van der Waals surface area contributed by atoms with Gasteiger partial charge in [0.25, 0.3) is 5.56 Å². The first-order valence-corrected chi connectivity index (χ1v) is 8.51. The molecule has 1 heterocycles. The Balaban J connectivity index is 1.69. The van der Waals surface area contributed by atoms with Crippen molar-refractivity contribution in [1.82, 2.24) is 9.55 Å². The highest BCUT2D eigenvalue weighted by Gasteiger charge is 2.13. The molecule has 0 aliphatic heterocycles. The van der Waals surface area contributed by atoms with Crippen molar-refractivity contribution in [3.05, 3.63) is 69.0 Å². The fraction of sp³-hybridized carbons (Fsp3) is 0.176. The van der Waals surface area contributed by atoms with Gasteiger partial charge in [-0.1, -0.05) is 36.0 Å². The molecule has 7 nitrogen and oxygen atoms in total. The molecule has 2 aromatic carbocycles. The fourth-order valence-electron chi connectivity index (χ4n) is 2.34. The first-order chi connectivity index (χ1) is 12.1. The van der Waals surface area contributed by atoms with Crippen molar-refractivity contribution in [3.63, 3.8) is 0 Å². The zero-order valence-electron chi connectivity index (χ0n) is 13.4. The molecule has 0 aliphatic carbocycles. The first-order valence-electron chi connectivity index (χ1n) is 7.52. The van der Waals surface area contributed by atoms with Gasteiger partial charge in [-0.3, -0.25) is 19.5 Å². The van der Waals surface area contributed by atoms with E-state index in [2.05, 4.69) is 4.98 Å². The van der Waals surface area contributed by atoms with Crippen molar-refractivity contribution in [2.45, 2.75) is 5.16 Å². The van der Waals surface area contributed by atoms with Crippen LogP contribution in [0.3, 0.4) is 0 Å². The Hall–Kier alpha value is -2.87. The number of fused-ring (bicyclic) bond motifs is 1. The molecular formula is C17H15N3O4S. The van der Waals surface area contributed by atoms with E-state index in [4.69, 9.17) is 4.74 Å². The molecule has 0 saturated heterocycles. The van der Waals surface area contributed by atoms with Crippen LogP contribution in [0.2, 0.25) is 0 Å². The van der Waals surface area contributed by atoms with Crippen LogP contribution in [0.5, 0.6) is 5.75 Å². The molecule has 0 fully saturated rings. The van der Waals surface area contributed by atoms with Gasteiger partial charge in [0.2, 0.25) is 0 Å². The highest BCUT2D eigenvalue weighted by atomic mass is 32.2. The number of nitro groups is 1. The lowest BCUT2D eigenvalue weighted by Gasteiger charge is -2.09. The van der Waals surface area contributed by atoms with Gasteiger partial charge in [-0.15, -0.1) is 0 Å². The smallest absolute Gasteiger partial charge is 0.310 e. The second kappa shape index (κ2) is 7.35. The standard InChI is InChI=1S/C17H15N3O4S/c1-19-16(21)12-6-2-3-7-13(12)18-17(19)25-11-10-24-15-9-5-4-8-14(15)20(22)23/h2-9H,10-11H2,1H3. The van der Waals surface area contributed by atoms with Crippen LogP contribution in [0.15, 0.2) is 58.5 Å². The topological polar surface area (TPSA) is 87.3 Å².